The summed E-state index contributed by atoms with van der Waals surface area (Å²) in [6.45, 7) is 0. The first kappa shape index (κ1) is 9.72. The minimum atomic E-state index is -0.0724. The Kier molecular flexibility index (Phi) is 2.68. The van der Waals surface area contributed by atoms with E-state index in [4.69, 9.17) is 5.26 Å². The standard InChI is InChI=1S/C12H12N2O/c13-8-9-3-1-4-10(7-9)12(15)14-11-5-2-6-11/h1,3-4,7,11H,2,5-6H2,(H,14,15). The maximum atomic E-state index is 11.7. The first-order valence-corrected chi connectivity index (χ1v) is 5.10. The summed E-state index contributed by atoms with van der Waals surface area (Å²) in [5, 5.41) is 11.6. The van der Waals surface area contributed by atoms with Gasteiger partial charge in [-0.15, -0.1) is 0 Å². The predicted molar refractivity (Wildman–Crippen MR) is 56.3 cm³/mol. The summed E-state index contributed by atoms with van der Waals surface area (Å²) in [5.74, 6) is -0.0724. The second-order valence-corrected chi connectivity index (χ2v) is 3.79. The Morgan fingerprint density at radius 3 is 2.87 bits per heavy atom. The third-order valence-corrected chi connectivity index (χ3v) is 2.69. The molecule has 1 aliphatic carbocycles. The van der Waals surface area contributed by atoms with Crippen molar-refractivity contribution in [2.75, 3.05) is 0 Å². The quantitative estimate of drug-likeness (QED) is 0.792. The summed E-state index contributed by atoms with van der Waals surface area (Å²) < 4.78 is 0. The topological polar surface area (TPSA) is 52.9 Å². The van der Waals surface area contributed by atoms with E-state index in [-0.39, 0.29) is 5.91 Å². The number of benzene rings is 1. The molecule has 3 nitrogen and oxygen atoms in total. The third kappa shape index (κ3) is 2.16. The van der Waals surface area contributed by atoms with Crippen molar-refractivity contribution in [3.63, 3.8) is 0 Å². The average molecular weight is 200 g/mol. The average Bonchev–Trinajstić information content (AvgIpc) is 2.23. The van der Waals surface area contributed by atoms with Gasteiger partial charge in [0.2, 0.25) is 0 Å². The molecule has 2 rings (SSSR count). The summed E-state index contributed by atoms with van der Waals surface area (Å²) in [6, 6.07) is 9.13. The Balaban J connectivity index is 2.07. The van der Waals surface area contributed by atoms with Crippen LogP contribution in [0, 0.1) is 11.3 Å². The zero-order valence-corrected chi connectivity index (χ0v) is 8.36. The van der Waals surface area contributed by atoms with Gasteiger partial charge in [0.25, 0.3) is 5.91 Å². The monoisotopic (exact) mass is 200 g/mol. The molecule has 1 fully saturated rings. The van der Waals surface area contributed by atoms with Crippen LogP contribution in [0.4, 0.5) is 0 Å². The van der Waals surface area contributed by atoms with E-state index in [2.05, 4.69) is 5.32 Å². The molecule has 1 aromatic rings. The van der Waals surface area contributed by atoms with Crippen molar-refractivity contribution in [1.29, 1.82) is 5.26 Å². The van der Waals surface area contributed by atoms with Crippen LogP contribution in [0.3, 0.4) is 0 Å². The van der Waals surface area contributed by atoms with Crippen molar-refractivity contribution in [1.82, 2.24) is 5.32 Å². The lowest BCUT2D eigenvalue weighted by molar-refractivity contribution is 0.0917. The van der Waals surface area contributed by atoms with Crippen LogP contribution in [-0.4, -0.2) is 11.9 Å². The number of hydrogen-bond donors (Lipinski definition) is 1. The molecule has 1 N–H and O–H groups in total. The molecule has 1 aromatic carbocycles. The predicted octanol–water partition coefficient (Wildman–Crippen LogP) is 1.84. The van der Waals surface area contributed by atoms with Crippen LogP contribution >= 0.6 is 0 Å². The molecule has 3 heteroatoms. The summed E-state index contributed by atoms with van der Waals surface area (Å²) in [5.41, 5.74) is 1.09. The molecule has 0 heterocycles. The summed E-state index contributed by atoms with van der Waals surface area (Å²) >= 11 is 0. The fourth-order valence-corrected chi connectivity index (χ4v) is 1.55. The van der Waals surface area contributed by atoms with E-state index in [1.807, 2.05) is 6.07 Å². The molecule has 76 valence electrons. The third-order valence-electron chi connectivity index (χ3n) is 2.69. The van der Waals surface area contributed by atoms with Crippen molar-refractivity contribution in [3.8, 4) is 6.07 Å². The maximum absolute atomic E-state index is 11.7. The van der Waals surface area contributed by atoms with E-state index < -0.39 is 0 Å². The highest BCUT2D eigenvalue weighted by Gasteiger charge is 2.19. The molecule has 0 atom stereocenters. The van der Waals surface area contributed by atoms with Crippen LogP contribution in [0.2, 0.25) is 0 Å². The molecule has 1 amide bonds. The maximum Gasteiger partial charge on any atom is 0.251 e. The highest BCUT2D eigenvalue weighted by molar-refractivity contribution is 5.94. The summed E-state index contributed by atoms with van der Waals surface area (Å²) in [7, 11) is 0. The number of nitriles is 1. The van der Waals surface area contributed by atoms with Gasteiger partial charge in [-0.1, -0.05) is 6.07 Å². The fourth-order valence-electron chi connectivity index (χ4n) is 1.55. The number of nitrogens with one attached hydrogen (secondary N) is 1. The molecule has 0 saturated heterocycles. The Labute approximate surface area is 88.7 Å². The highest BCUT2D eigenvalue weighted by atomic mass is 16.1. The van der Waals surface area contributed by atoms with Crippen molar-refractivity contribution < 1.29 is 4.79 Å². The van der Waals surface area contributed by atoms with Crippen LogP contribution in [0.25, 0.3) is 0 Å². The van der Waals surface area contributed by atoms with E-state index in [0.717, 1.165) is 12.8 Å². The molecule has 0 spiro atoms. The number of rotatable bonds is 2. The second-order valence-electron chi connectivity index (χ2n) is 3.79. The van der Waals surface area contributed by atoms with Crippen molar-refractivity contribution >= 4 is 5.91 Å². The van der Waals surface area contributed by atoms with Gasteiger partial charge >= 0.3 is 0 Å². The van der Waals surface area contributed by atoms with E-state index in [1.54, 1.807) is 24.3 Å². The van der Waals surface area contributed by atoms with Gasteiger partial charge in [-0.05, 0) is 37.5 Å². The normalized spacial score (nSPS) is 15.1. The lowest BCUT2D eigenvalue weighted by Crippen LogP contribution is -2.39. The smallest absolute Gasteiger partial charge is 0.251 e. The Hall–Kier alpha value is -1.82. The lowest BCUT2D eigenvalue weighted by atomic mass is 9.93. The summed E-state index contributed by atoms with van der Waals surface area (Å²) in [4.78, 5) is 11.7. The van der Waals surface area contributed by atoms with Gasteiger partial charge in [0.15, 0.2) is 0 Å². The molecular formula is C12H12N2O. The van der Waals surface area contributed by atoms with E-state index in [0.29, 0.717) is 17.2 Å². The van der Waals surface area contributed by atoms with Gasteiger partial charge in [0, 0.05) is 11.6 Å². The molecule has 1 aliphatic rings. The van der Waals surface area contributed by atoms with Crippen molar-refractivity contribution in [3.05, 3.63) is 35.4 Å². The first-order chi connectivity index (χ1) is 7.29. The Morgan fingerprint density at radius 1 is 1.47 bits per heavy atom. The van der Waals surface area contributed by atoms with Gasteiger partial charge < -0.3 is 5.32 Å². The molecule has 0 bridgehead atoms. The van der Waals surface area contributed by atoms with Crippen LogP contribution in [0.1, 0.15) is 35.2 Å². The van der Waals surface area contributed by atoms with Gasteiger partial charge in [-0.2, -0.15) is 5.26 Å². The van der Waals surface area contributed by atoms with Crippen LogP contribution in [0.5, 0.6) is 0 Å². The zero-order valence-electron chi connectivity index (χ0n) is 8.36. The molecular weight excluding hydrogens is 188 g/mol. The molecule has 0 aromatic heterocycles. The Morgan fingerprint density at radius 2 is 2.27 bits per heavy atom. The number of hydrogen-bond acceptors (Lipinski definition) is 2. The van der Waals surface area contributed by atoms with Crippen LogP contribution in [-0.2, 0) is 0 Å². The molecule has 15 heavy (non-hydrogen) atoms. The lowest BCUT2D eigenvalue weighted by Gasteiger charge is -2.26. The fraction of sp³-hybridized carbons (Fsp3) is 0.333. The van der Waals surface area contributed by atoms with Gasteiger partial charge in [0.1, 0.15) is 0 Å². The van der Waals surface area contributed by atoms with Gasteiger partial charge in [-0.25, -0.2) is 0 Å². The van der Waals surface area contributed by atoms with E-state index >= 15 is 0 Å². The second kappa shape index (κ2) is 4.14. The molecule has 0 aliphatic heterocycles. The van der Waals surface area contributed by atoms with Crippen molar-refractivity contribution in [2.24, 2.45) is 0 Å². The summed E-state index contributed by atoms with van der Waals surface area (Å²) in [6.07, 6.45) is 3.34. The molecule has 1 saturated carbocycles. The van der Waals surface area contributed by atoms with Crippen LogP contribution in [0.15, 0.2) is 24.3 Å². The molecule has 0 radical (unpaired) electrons. The number of carbonyl (C=O) groups is 1. The largest absolute Gasteiger partial charge is 0.349 e. The SMILES string of the molecule is N#Cc1cccc(C(=O)NC2CCC2)c1. The van der Waals surface area contributed by atoms with E-state index in [1.165, 1.54) is 6.42 Å². The first-order valence-electron chi connectivity index (χ1n) is 5.10. The van der Waals surface area contributed by atoms with Gasteiger partial charge in [-0.3, -0.25) is 4.79 Å². The minimum Gasteiger partial charge on any atom is -0.349 e. The highest BCUT2D eigenvalue weighted by Crippen LogP contribution is 2.18. The molecule has 0 unspecified atom stereocenters. The Bertz CT molecular complexity index is 416. The number of amides is 1. The zero-order chi connectivity index (χ0) is 10.7. The number of nitrogens with zero attached hydrogens (tertiary/aromatic N) is 1. The van der Waals surface area contributed by atoms with E-state index in [9.17, 15) is 4.79 Å². The minimum absolute atomic E-state index is 0.0724. The van der Waals surface area contributed by atoms with Gasteiger partial charge in [0.05, 0.1) is 11.6 Å². The number of carbonyl (C=O) groups excluding carboxylic acids is 1. The van der Waals surface area contributed by atoms with Crippen molar-refractivity contribution in [2.45, 2.75) is 25.3 Å². The van der Waals surface area contributed by atoms with Crippen LogP contribution < -0.4 is 5.32 Å².